The Hall–Kier alpha value is -2.98. The van der Waals surface area contributed by atoms with Crippen molar-refractivity contribution in [1.29, 1.82) is 0 Å². The Morgan fingerprint density at radius 1 is 0.769 bits per heavy atom. The summed E-state index contributed by atoms with van der Waals surface area (Å²) in [4.78, 5) is 9.05. The maximum atomic E-state index is 15.5. The van der Waals surface area contributed by atoms with E-state index in [0.717, 1.165) is 5.69 Å². The lowest BCUT2D eigenvalue weighted by Gasteiger charge is -2.15. The van der Waals surface area contributed by atoms with Gasteiger partial charge in [0.25, 0.3) is 0 Å². The molecule has 0 aliphatic carbocycles. The highest BCUT2D eigenvalue weighted by atomic mass is 35.5. The molecule has 0 spiro atoms. The molecule has 1 atom stereocenters. The Balaban J connectivity index is 1.81. The lowest BCUT2D eigenvalue weighted by molar-refractivity contribution is 0.515. The van der Waals surface area contributed by atoms with Crippen LogP contribution in [0.15, 0.2) is 88.8 Å². The molecular formula is C21H15ClFN3. The molecule has 1 N–H and O–H groups in total. The van der Waals surface area contributed by atoms with E-state index in [0.29, 0.717) is 27.7 Å². The summed E-state index contributed by atoms with van der Waals surface area (Å²) < 4.78 is 15.5. The fourth-order valence-corrected chi connectivity index (χ4v) is 2.87. The first-order valence-corrected chi connectivity index (χ1v) is 8.57. The van der Waals surface area contributed by atoms with Gasteiger partial charge in [0.1, 0.15) is 5.84 Å². The third-order valence-corrected chi connectivity index (χ3v) is 4.28. The summed E-state index contributed by atoms with van der Waals surface area (Å²) in [5.74, 6) is 0.204. The molecule has 5 heteroatoms. The third-order valence-electron chi connectivity index (χ3n) is 4.03. The van der Waals surface area contributed by atoms with Gasteiger partial charge in [-0.25, -0.2) is 14.4 Å². The first kappa shape index (κ1) is 16.5. The van der Waals surface area contributed by atoms with E-state index < -0.39 is 6.17 Å². The fraction of sp³-hybridized carbons (Fsp3) is 0.0476. The molecule has 128 valence electrons. The quantitative estimate of drug-likeness (QED) is 0.599. The van der Waals surface area contributed by atoms with Crippen LogP contribution in [0.3, 0.4) is 0 Å². The third kappa shape index (κ3) is 3.37. The minimum atomic E-state index is -1.50. The number of fused-ring (bicyclic) bond motifs is 1. The van der Waals surface area contributed by atoms with E-state index in [1.165, 1.54) is 0 Å². The number of benzene rings is 3. The lowest BCUT2D eigenvalue weighted by atomic mass is 10.0. The summed E-state index contributed by atoms with van der Waals surface area (Å²) in [6, 6.07) is 23.8. The first-order chi connectivity index (χ1) is 12.7. The number of nitrogens with zero attached hydrogens (tertiary/aromatic N) is 2. The number of amidine groups is 1. The Labute approximate surface area is 155 Å². The van der Waals surface area contributed by atoms with Crippen LogP contribution in [0.4, 0.5) is 21.5 Å². The average molecular weight is 364 g/mol. The van der Waals surface area contributed by atoms with E-state index in [4.69, 9.17) is 11.6 Å². The number of anilines is 1. The number of halogens is 2. The van der Waals surface area contributed by atoms with E-state index in [9.17, 15) is 0 Å². The standard InChI is InChI=1S/C21H15ClFN3/c22-15-12-10-14(11-13-15)20-19(23)21(24-16-6-2-1-3-7-16)26-18-9-5-4-8-17(18)25-20/h1-13,19H,(H,24,26). The lowest BCUT2D eigenvalue weighted by Crippen LogP contribution is -2.31. The molecule has 3 nitrogen and oxygen atoms in total. The van der Waals surface area contributed by atoms with Crippen LogP contribution in [0.1, 0.15) is 5.56 Å². The normalized spacial score (nSPS) is 16.2. The second-order valence-corrected chi connectivity index (χ2v) is 6.28. The van der Waals surface area contributed by atoms with Crippen LogP contribution < -0.4 is 5.32 Å². The molecular weight excluding hydrogens is 349 g/mol. The van der Waals surface area contributed by atoms with E-state index in [1.807, 2.05) is 54.6 Å². The number of para-hydroxylation sites is 3. The second-order valence-electron chi connectivity index (χ2n) is 5.84. The van der Waals surface area contributed by atoms with Crippen molar-refractivity contribution in [2.45, 2.75) is 6.17 Å². The van der Waals surface area contributed by atoms with E-state index in [1.54, 1.807) is 24.3 Å². The van der Waals surface area contributed by atoms with E-state index >= 15 is 4.39 Å². The average Bonchev–Trinajstić information content (AvgIpc) is 2.81. The van der Waals surface area contributed by atoms with Gasteiger partial charge in [0.05, 0.1) is 17.1 Å². The number of aliphatic imine (C=N–C) groups is 2. The van der Waals surface area contributed by atoms with Gasteiger partial charge in [-0.1, -0.05) is 54.1 Å². The van der Waals surface area contributed by atoms with Gasteiger partial charge in [0.2, 0.25) is 0 Å². The Morgan fingerprint density at radius 2 is 1.38 bits per heavy atom. The summed E-state index contributed by atoms with van der Waals surface area (Å²) in [6.07, 6.45) is -1.50. The number of hydrogen-bond acceptors (Lipinski definition) is 3. The first-order valence-electron chi connectivity index (χ1n) is 8.19. The summed E-state index contributed by atoms with van der Waals surface area (Å²) in [7, 11) is 0. The molecule has 3 aromatic carbocycles. The predicted octanol–water partition coefficient (Wildman–Crippen LogP) is 5.95. The number of rotatable bonds is 2. The van der Waals surface area contributed by atoms with Crippen LogP contribution in [0.25, 0.3) is 0 Å². The van der Waals surface area contributed by atoms with Crippen LogP contribution >= 0.6 is 11.6 Å². The fourth-order valence-electron chi connectivity index (χ4n) is 2.75. The van der Waals surface area contributed by atoms with Crippen molar-refractivity contribution in [3.63, 3.8) is 0 Å². The van der Waals surface area contributed by atoms with Gasteiger partial charge >= 0.3 is 0 Å². The van der Waals surface area contributed by atoms with Crippen LogP contribution in [0, 0.1) is 0 Å². The highest BCUT2D eigenvalue weighted by Crippen LogP contribution is 2.32. The summed E-state index contributed by atoms with van der Waals surface area (Å²) in [5, 5.41) is 3.68. The van der Waals surface area contributed by atoms with Crippen molar-refractivity contribution in [3.05, 3.63) is 89.4 Å². The largest absolute Gasteiger partial charge is 0.341 e. The van der Waals surface area contributed by atoms with Gasteiger partial charge in [0, 0.05) is 10.7 Å². The highest BCUT2D eigenvalue weighted by Gasteiger charge is 2.26. The molecule has 1 heterocycles. The SMILES string of the molecule is FC1C(Nc2ccccc2)=Nc2ccccc2N=C1c1ccc(Cl)cc1. The Kier molecular flexibility index (Phi) is 4.50. The molecule has 0 aromatic heterocycles. The zero-order valence-electron chi connectivity index (χ0n) is 13.7. The predicted molar refractivity (Wildman–Crippen MR) is 106 cm³/mol. The minimum Gasteiger partial charge on any atom is -0.341 e. The molecule has 1 unspecified atom stereocenters. The highest BCUT2D eigenvalue weighted by molar-refractivity contribution is 6.31. The maximum absolute atomic E-state index is 15.5. The van der Waals surface area contributed by atoms with Crippen LogP contribution in [-0.4, -0.2) is 17.7 Å². The summed E-state index contributed by atoms with van der Waals surface area (Å²) in [5.41, 5.74) is 2.99. The second kappa shape index (κ2) is 7.10. The molecule has 0 bridgehead atoms. The van der Waals surface area contributed by atoms with E-state index in [2.05, 4.69) is 15.3 Å². The van der Waals surface area contributed by atoms with Crippen molar-refractivity contribution < 1.29 is 4.39 Å². The van der Waals surface area contributed by atoms with Crippen molar-refractivity contribution in [1.82, 2.24) is 0 Å². The molecule has 1 aliphatic heterocycles. The molecule has 1 aliphatic rings. The Morgan fingerprint density at radius 3 is 2.08 bits per heavy atom. The smallest absolute Gasteiger partial charge is 0.200 e. The molecule has 3 aromatic rings. The van der Waals surface area contributed by atoms with Crippen molar-refractivity contribution >= 4 is 40.2 Å². The van der Waals surface area contributed by atoms with Crippen molar-refractivity contribution in [2.75, 3.05) is 5.32 Å². The summed E-state index contributed by atoms with van der Waals surface area (Å²) in [6.45, 7) is 0. The molecule has 0 amide bonds. The van der Waals surface area contributed by atoms with Gasteiger partial charge in [-0.3, -0.25) is 0 Å². The number of hydrogen-bond donors (Lipinski definition) is 1. The van der Waals surface area contributed by atoms with E-state index in [-0.39, 0.29) is 5.84 Å². The van der Waals surface area contributed by atoms with Crippen LogP contribution in [0.2, 0.25) is 5.02 Å². The minimum absolute atomic E-state index is 0.204. The van der Waals surface area contributed by atoms with Gasteiger partial charge in [-0.05, 0) is 42.0 Å². The molecule has 0 fully saturated rings. The molecule has 0 radical (unpaired) electrons. The Bertz CT molecular complexity index is 982. The van der Waals surface area contributed by atoms with Gasteiger partial charge in [0.15, 0.2) is 6.17 Å². The maximum Gasteiger partial charge on any atom is 0.200 e. The molecule has 26 heavy (non-hydrogen) atoms. The number of alkyl halides is 1. The van der Waals surface area contributed by atoms with Crippen LogP contribution in [-0.2, 0) is 0 Å². The zero-order chi connectivity index (χ0) is 17.9. The monoisotopic (exact) mass is 363 g/mol. The molecule has 4 rings (SSSR count). The van der Waals surface area contributed by atoms with Crippen molar-refractivity contribution in [3.8, 4) is 0 Å². The molecule has 0 saturated carbocycles. The molecule has 0 saturated heterocycles. The topological polar surface area (TPSA) is 36.8 Å². The van der Waals surface area contributed by atoms with Gasteiger partial charge < -0.3 is 5.32 Å². The van der Waals surface area contributed by atoms with Gasteiger partial charge in [-0.15, -0.1) is 0 Å². The zero-order valence-corrected chi connectivity index (χ0v) is 14.5. The summed E-state index contributed by atoms with van der Waals surface area (Å²) >= 11 is 5.97. The van der Waals surface area contributed by atoms with Crippen LogP contribution in [0.5, 0.6) is 0 Å². The number of nitrogens with one attached hydrogen (secondary N) is 1. The van der Waals surface area contributed by atoms with Crippen molar-refractivity contribution in [2.24, 2.45) is 9.98 Å². The van der Waals surface area contributed by atoms with Gasteiger partial charge in [-0.2, -0.15) is 0 Å².